The van der Waals surface area contributed by atoms with Crippen LogP contribution >= 0.6 is 36.4 Å². The number of hydrogen-bond donors (Lipinski definition) is 1. The topological polar surface area (TPSA) is 28.2 Å². The van der Waals surface area contributed by atoms with Crippen LogP contribution in [0.15, 0.2) is 30.3 Å². The summed E-state index contributed by atoms with van der Waals surface area (Å²) in [4.78, 5) is 7.21. The van der Waals surface area contributed by atoms with Gasteiger partial charge in [0, 0.05) is 43.2 Å². The first kappa shape index (κ1) is 22.5. The molecule has 1 aliphatic heterocycles. The third-order valence-electron chi connectivity index (χ3n) is 4.67. The first-order chi connectivity index (χ1) is 11.1. The highest BCUT2D eigenvalue weighted by atomic mass is 35.5. The fourth-order valence-electron chi connectivity index (χ4n) is 3.36. The Bertz CT molecular complexity index is 657. The number of aromatic nitrogens is 1. The van der Waals surface area contributed by atoms with E-state index in [4.69, 9.17) is 11.6 Å². The molecular formula is C19H28Cl3N3. The van der Waals surface area contributed by atoms with E-state index in [0.717, 1.165) is 38.1 Å². The molecule has 0 radical (unpaired) electrons. The van der Waals surface area contributed by atoms with E-state index in [2.05, 4.69) is 47.2 Å². The van der Waals surface area contributed by atoms with E-state index in [9.17, 15) is 0 Å². The number of hydrogen-bond acceptors (Lipinski definition) is 3. The Kier molecular flexibility index (Phi) is 9.47. The number of nitrogens with zero attached hydrogens (tertiary/aromatic N) is 2. The summed E-state index contributed by atoms with van der Waals surface area (Å²) in [6.07, 6.45) is 2.34. The van der Waals surface area contributed by atoms with Gasteiger partial charge >= 0.3 is 0 Å². The van der Waals surface area contributed by atoms with Gasteiger partial charge in [0.15, 0.2) is 0 Å². The van der Waals surface area contributed by atoms with Crippen molar-refractivity contribution in [3.63, 3.8) is 0 Å². The molecule has 0 aliphatic carbocycles. The van der Waals surface area contributed by atoms with Gasteiger partial charge in [-0.1, -0.05) is 43.6 Å². The molecule has 2 aromatic rings. The van der Waals surface area contributed by atoms with Crippen molar-refractivity contribution in [3.8, 4) is 0 Å². The molecule has 3 nitrogen and oxygen atoms in total. The van der Waals surface area contributed by atoms with Gasteiger partial charge in [0.05, 0.1) is 5.52 Å². The zero-order valence-electron chi connectivity index (χ0n) is 14.9. The van der Waals surface area contributed by atoms with Crippen LogP contribution in [-0.2, 0) is 0 Å². The average molecular weight is 405 g/mol. The minimum atomic E-state index is 0. The second-order valence-electron chi connectivity index (χ2n) is 6.83. The van der Waals surface area contributed by atoms with E-state index in [1.54, 1.807) is 0 Å². The second kappa shape index (κ2) is 10.5. The molecular weight excluding hydrogens is 377 g/mol. The van der Waals surface area contributed by atoms with Crippen LogP contribution in [0.4, 0.5) is 0 Å². The van der Waals surface area contributed by atoms with Crippen molar-refractivity contribution in [1.29, 1.82) is 0 Å². The molecule has 6 heteroatoms. The highest BCUT2D eigenvalue weighted by Crippen LogP contribution is 2.33. The minimum absolute atomic E-state index is 0. The largest absolute Gasteiger partial charge is 0.314 e. The van der Waals surface area contributed by atoms with E-state index in [1.165, 1.54) is 17.4 Å². The Morgan fingerprint density at radius 3 is 2.48 bits per heavy atom. The molecule has 1 N–H and O–H groups in total. The van der Waals surface area contributed by atoms with Crippen molar-refractivity contribution in [1.82, 2.24) is 15.2 Å². The monoisotopic (exact) mass is 403 g/mol. The van der Waals surface area contributed by atoms with Crippen LogP contribution in [0.2, 0.25) is 5.15 Å². The van der Waals surface area contributed by atoms with Gasteiger partial charge in [-0.15, -0.1) is 24.8 Å². The highest BCUT2D eigenvalue weighted by molar-refractivity contribution is 6.30. The van der Waals surface area contributed by atoms with Crippen molar-refractivity contribution >= 4 is 47.3 Å². The molecule has 1 saturated heterocycles. The summed E-state index contributed by atoms with van der Waals surface area (Å²) in [5.41, 5.74) is 2.16. The van der Waals surface area contributed by atoms with Crippen LogP contribution in [0.3, 0.4) is 0 Å². The maximum atomic E-state index is 6.58. The predicted octanol–water partition coefficient (Wildman–Crippen LogP) is 5.11. The van der Waals surface area contributed by atoms with Crippen LogP contribution in [-0.4, -0.2) is 36.1 Å². The third-order valence-corrected chi connectivity index (χ3v) is 4.98. The molecule has 0 spiro atoms. The van der Waals surface area contributed by atoms with Crippen LogP contribution in [0, 0.1) is 5.92 Å². The number of pyridine rings is 1. The maximum Gasteiger partial charge on any atom is 0.134 e. The lowest BCUT2D eigenvalue weighted by Gasteiger charge is -2.36. The number of benzene rings is 1. The van der Waals surface area contributed by atoms with Gasteiger partial charge in [0.25, 0.3) is 0 Å². The third kappa shape index (κ3) is 5.70. The van der Waals surface area contributed by atoms with E-state index in [-0.39, 0.29) is 24.8 Å². The summed E-state index contributed by atoms with van der Waals surface area (Å²) in [5.74, 6) is 0.701. The molecule has 25 heavy (non-hydrogen) atoms. The van der Waals surface area contributed by atoms with Crippen molar-refractivity contribution in [2.24, 2.45) is 5.92 Å². The lowest BCUT2D eigenvalue weighted by molar-refractivity contribution is 0.159. The van der Waals surface area contributed by atoms with Crippen molar-refractivity contribution in [3.05, 3.63) is 41.0 Å². The highest BCUT2D eigenvalue weighted by Gasteiger charge is 2.25. The zero-order valence-corrected chi connectivity index (χ0v) is 17.3. The van der Waals surface area contributed by atoms with Crippen molar-refractivity contribution in [2.45, 2.75) is 32.7 Å². The summed E-state index contributed by atoms with van der Waals surface area (Å²) in [7, 11) is 0. The average Bonchev–Trinajstić information content (AvgIpc) is 2.56. The number of fused-ring (bicyclic) bond motifs is 1. The molecule has 0 bridgehead atoms. The van der Waals surface area contributed by atoms with Crippen molar-refractivity contribution < 1.29 is 0 Å². The molecule has 1 fully saturated rings. The number of rotatable bonds is 5. The number of halogens is 3. The standard InChI is InChI=1S/C19H26ClN3.2ClH/c1-14(2)7-8-18(23-11-9-21-10-12-23)16-13-15-5-3-4-6-17(15)22-19(16)20;;/h3-6,13-14,18,21H,7-12H2,1-2H3;2*1H/t18-;;/m1../s1. The van der Waals surface area contributed by atoms with E-state index >= 15 is 0 Å². The molecule has 1 aromatic carbocycles. The number of nitrogens with one attached hydrogen (secondary N) is 1. The van der Waals surface area contributed by atoms with E-state index in [0.29, 0.717) is 17.1 Å². The Balaban J connectivity index is 0.00000156. The zero-order chi connectivity index (χ0) is 16.2. The van der Waals surface area contributed by atoms with Gasteiger partial charge < -0.3 is 5.32 Å². The molecule has 1 aliphatic rings. The van der Waals surface area contributed by atoms with Gasteiger partial charge in [-0.25, -0.2) is 4.98 Å². The molecule has 2 heterocycles. The SMILES string of the molecule is CC(C)CC[C@H](c1cc2ccccc2nc1Cl)N1CCNCC1.Cl.Cl. The Morgan fingerprint density at radius 2 is 1.80 bits per heavy atom. The van der Waals surface area contributed by atoms with Gasteiger partial charge in [0.1, 0.15) is 5.15 Å². The molecule has 1 aromatic heterocycles. The Morgan fingerprint density at radius 1 is 1.12 bits per heavy atom. The minimum Gasteiger partial charge on any atom is -0.314 e. The lowest BCUT2D eigenvalue weighted by atomic mass is 9.96. The fourth-order valence-corrected chi connectivity index (χ4v) is 3.63. The molecule has 3 rings (SSSR count). The Labute approximate surface area is 168 Å². The van der Waals surface area contributed by atoms with Gasteiger partial charge in [-0.3, -0.25) is 4.90 Å². The summed E-state index contributed by atoms with van der Waals surface area (Å²) in [5, 5.41) is 5.28. The molecule has 140 valence electrons. The molecule has 0 amide bonds. The molecule has 0 unspecified atom stereocenters. The fraction of sp³-hybridized carbons (Fsp3) is 0.526. The Hall–Kier alpha value is -0.580. The normalized spacial score (nSPS) is 16.3. The van der Waals surface area contributed by atoms with Gasteiger partial charge in [0.2, 0.25) is 0 Å². The number of para-hydroxylation sites is 1. The second-order valence-corrected chi connectivity index (χ2v) is 7.19. The quantitative estimate of drug-likeness (QED) is 0.701. The number of piperazine rings is 1. The van der Waals surface area contributed by atoms with Crippen molar-refractivity contribution in [2.75, 3.05) is 26.2 Å². The van der Waals surface area contributed by atoms with E-state index < -0.39 is 0 Å². The summed E-state index contributed by atoms with van der Waals surface area (Å²) < 4.78 is 0. The molecule has 0 saturated carbocycles. The summed E-state index contributed by atoms with van der Waals surface area (Å²) in [6, 6.07) is 10.8. The van der Waals surface area contributed by atoms with Gasteiger partial charge in [-0.05, 0) is 30.9 Å². The first-order valence-electron chi connectivity index (χ1n) is 8.65. The summed E-state index contributed by atoms with van der Waals surface area (Å²) in [6.45, 7) is 8.83. The van der Waals surface area contributed by atoms with Crippen LogP contribution in [0.1, 0.15) is 38.3 Å². The van der Waals surface area contributed by atoms with Crippen LogP contribution in [0.25, 0.3) is 10.9 Å². The van der Waals surface area contributed by atoms with Crippen LogP contribution in [0.5, 0.6) is 0 Å². The maximum absolute atomic E-state index is 6.58. The summed E-state index contributed by atoms with van der Waals surface area (Å²) >= 11 is 6.58. The predicted molar refractivity (Wildman–Crippen MR) is 113 cm³/mol. The lowest BCUT2D eigenvalue weighted by Crippen LogP contribution is -2.45. The van der Waals surface area contributed by atoms with E-state index in [1.807, 2.05) is 12.1 Å². The van der Waals surface area contributed by atoms with Gasteiger partial charge in [-0.2, -0.15) is 0 Å². The van der Waals surface area contributed by atoms with Crippen LogP contribution < -0.4 is 5.32 Å². The smallest absolute Gasteiger partial charge is 0.134 e. The molecule has 1 atom stereocenters. The first-order valence-corrected chi connectivity index (χ1v) is 9.03.